The lowest BCUT2D eigenvalue weighted by atomic mass is 10.1. The molecule has 4 rings (SSSR count). The van der Waals surface area contributed by atoms with Crippen molar-refractivity contribution in [2.45, 2.75) is 0 Å². The first-order valence-corrected chi connectivity index (χ1v) is 9.03. The van der Waals surface area contributed by atoms with E-state index in [1.807, 2.05) is 47.4 Å². The van der Waals surface area contributed by atoms with Crippen LogP contribution in [-0.4, -0.2) is 47.1 Å². The van der Waals surface area contributed by atoms with E-state index in [2.05, 4.69) is 27.3 Å². The molecule has 0 atom stereocenters. The summed E-state index contributed by atoms with van der Waals surface area (Å²) in [6.07, 6.45) is 3.33. The van der Waals surface area contributed by atoms with Gasteiger partial charge in [-0.1, -0.05) is 36.4 Å². The summed E-state index contributed by atoms with van der Waals surface area (Å²) >= 11 is 0. The molecular weight excluding hydrogens is 338 g/mol. The molecule has 1 aromatic carbocycles. The Morgan fingerprint density at radius 3 is 2.44 bits per heavy atom. The fourth-order valence-electron chi connectivity index (χ4n) is 3.15. The number of anilines is 2. The van der Waals surface area contributed by atoms with Gasteiger partial charge in [0.05, 0.1) is 17.6 Å². The number of amides is 2. The van der Waals surface area contributed by atoms with E-state index in [-0.39, 0.29) is 6.03 Å². The number of nitrogens with zero attached hydrogens (tertiary/aromatic N) is 4. The molecule has 6 nitrogen and oxygen atoms in total. The highest BCUT2D eigenvalue weighted by atomic mass is 16.2. The molecule has 0 bridgehead atoms. The Hall–Kier alpha value is -3.41. The number of hydrogen-bond acceptors (Lipinski definition) is 4. The van der Waals surface area contributed by atoms with Crippen molar-refractivity contribution in [3.8, 4) is 11.3 Å². The Bertz CT molecular complexity index is 893. The summed E-state index contributed by atoms with van der Waals surface area (Å²) in [5.41, 5.74) is 2.78. The van der Waals surface area contributed by atoms with Gasteiger partial charge >= 0.3 is 6.03 Å². The second-order valence-corrected chi connectivity index (χ2v) is 6.39. The molecule has 6 heteroatoms. The number of hydrogen-bond donors (Lipinski definition) is 1. The molecule has 1 N–H and O–H groups in total. The van der Waals surface area contributed by atoms with Gasteiger partial charge in [0, 0.05) is 37.9 Å². The van der Waals surface area contributed by atoms with Crippen molar-refractivity contribution in [1.82, 2.24) is 14.9 Å². The van der Waals surface area contributed by atoms with Crippen molar-refractivity contribution in [3.63, 3.8) is 0 Å². The molecule has 0 radical (unpaired) electrons. The second-order valence-electron chi connectivity index (χ2n) is 6.39. The van der Waals surface area contributed by atoms with E-state index in [0.717, 1.165) is 30.2 Å². The van der Waals surface area contributed by atoms with Crippen LogP contribution in [0.15, 0.2) is 73.1 Å². The van der Waals surface area contributed by atoms with Crippen LogP contribution in [0, 0.1) is 0 Å². The largest absolute Gasteiger partial charge is 0.353 e. The lowest BCUT2D eigenvalue weighted by Crippen LogP contribution is -2.50. The fraction of sp³-hybridized carbons (Fsp3) is 0.190. The molecule has 136 valence electrons. The minimum absolute atomic E-state index is 0.0892. The van der Waals surface area contributed by atoms with Crippen LogP contribution in [0.1, 0.15) is 0 Å². The van der Waals surface area contributed by atoms with Gasteiger partial charge in [-0.05, 0) is 24.3 Å². The summed E-state index contributed by atoms with van der Waals surface area (Å²) in [6.45, 7) is 2.82. The monoisotopic (exact) mass is 359 g/mol. The standard InChI is InChI=1S/C21H21N5O/c27-21(23-18-8-5-11-22-16-18)26-14-12-25(13-15-26)20-10-4-9-19(24-20)17-6-2-1-3-7-17/h1-11,16H,12-15H2,(H,23,27). The molecule has 1 fully saturated rings. The first kappa shape index (κ1) is 17.0. The van der Waals surface area contributed by atoms with Crippen LogP contribution in [0.25, 0.3) is 11.3 Å². The quantitative estimate of drug-likeness (QED) is 0.777. The lowest BCUT2D eigenvalue weighted by molar-refractivity contribution is 0.208. The normalized spacial score (nSPS) is 14.1. The van der Waals surface area contributed by atoms with E-state index in [0.29, 0.717) is 18.8 Å². The van der Waals surface area contributed by atoms with Gasteiger partial charge in [0.1, 0.15) is 5.82 Å². The topological polar surface area (TPSA) is 61.4 Å². The highest BCUT2D eigenvalue weighted by Crippen LogP contribution is 2.21. The van der Waals surface area contributed by atoms with Gasteiger partial charge in [-0.2, -0.15) is 0 Å². The van der Waals surface area contributed by atoms with E-state index in [4.69, 9.17) is 4.98 Å². The SMILES string of the molecule is O=C(Nc1cccnc1)N1CCN(c2cccc(-c3ccccc3)n2)CC1. The maximum Gasteiger partial charge on any atom is 0.322 e. The molecule has 3 aromatic rings. The molecule has 1 saturated heterocycles. The zero-order valence-electron chi connectivity index (χ0n) is 15.0. The average molecular weight is 359 g/mol. The van der Waals surface area contributed by atoms with Crippen LogP contribution < -0.4 is 10.2 Å². The van der Waals surface area contributed by atoms with E-state index in [9.17, 15) is 4.79 Å². The van der Waals surface area contributed by atoms with E-state index in [1.165, 1.54) is 0 Å². The number of rotatable bonds is 3. The van der Waals surface area contributed by atoms with Crippen molar-refractivity contribution in [3.05, 3.63) is 73.1 Å². The molecule has 2 aromatic heterocycles. The Kier molecular flexibility index (Phi) is 4.96. The molecule has 3 heterocycles. The molecule has 0 spiro atoms. The number of aromatic nitrogens is 2. The zero-order valence-corrected chi connectivity index (χ0v) is 15.0. The maximum absolute atomic E-state index is 12.4. The van der Waals surface area contributed by atoms with E-state index < -0.39 is 0 Å². The van der Waals surface area contributed by atoms with Gasteiger partial charge < -0.3 is 15.1 Å². The van der Waals surface area contributed by atoms with E-state index >= 15 is 0 Å². The van der Waals surface area contributed by atoms with E-state index in [1.54, 1.807) is 18.5 Å². The van der Waals surface area contributed by atoms with Crippen molar-refractivity contribution in [2.24, 2.45) is 0 Å². The maximum atomic E-state index is 12.4. The van der Waals surface area contributed by atoms with Gasteiger partial charge in [0.15, 0.2) is 0 Å². The summed E-state index contributed by atoms with van der Waals surface area (Å²) in [5.74, 6) is 0.948. The predicted octanol–water partition coefficient (Wildman–Crippen LogP) is 3.50. The number of carbonyl (C=O) groups is 1. The number of benzene rings is 1. The summed E-state index contributed by atoms with van der Waals surface area (Å²) in [7, 11) is 0. The Morgan fingerprint density at radius 2 is 1.70 bits per heavy atom. The summed E-state index contributed by atoms with van der Waals surface area (Å²) in [6, 6.07) is 19.8. The van der Waals surface area contributed by atoms with Crippen LogP contribution in [0.5, 0.6) is 0 Å². The van der Waals surface area contributed by atoms with Gasteiger partial charge in [0.2, 0.25) is 0 Å². The summed E-state index contributed by atoms with van der Waals surface area (Å²) < 4.78 is 0. The molecular formula is C21H21N5O. The highest BCUT2D eigenvalue weighted by Gasteiger charge is 2.22. The summed E-state index contributed by atoms with van der Waals surface area (Å²) in [4.78, 5) is 25.3. The molecule has 0 aliphatic carbocycles. The van der Waals surface area contributed by atoms with Crippen molar-refractivity contribution in [1.29, 1.82) is 0 Å². The highest BCUT2D eigenvalue weighted by molar-refractivity contribution is 5.89. The van der Waals surface area contributed by atoms with Gasteiger partial charge in [-0.15, -0.1) is 0 Å². The van der Waals surface area contributed by atoms with Gasteiger partial charge in [-0.3, -0.25) is 4.98 Å². The first-order chi connectivity index (χ1) is 13.3. The third-order valence-electron chi connectivity index (χ3n) is 4.61. The number of pyridine rings is 2. The predicted molar refractivity (Wildman–Crippen MR) is 107 cm³/mol. The Balaban J connectivity index is 1.39. The number of carbonyl (C=O) groups excluding carboxylic acids is 1. The smallest absolute Gasteiger partial charge is 0.322 e. The molecule has 2 amide bonds. The third-order valence-corrected chi connectivity index (χ3v) is 4.61. The minimum atomic E-state index is -0.0892. The van der Waals surface area contributed by atoms with Crippen molar-refractivity contribution in [2.75, 3.05) is 36.4 Å². The van der Waals surface area contributed by atoms with Crippen molar-refractivity contribution < 1.29 is 4.79 Å². The zero-order chi connectivity index (χ0) is 18.5. The van der Waals surface area contributed by atoms with Crippen LogP contribution in [-0.2, 0) is 0 Å². The van der Waals surface area contributed by atoms with Crippen LogP contribution in [0.4, 0.5) is 16.3 Å². The number of nitrogens with one attached hydrogen (secondary N) is 1. The van der Waals surface area contributed by atoms with Crippen molar-refractivity contribution >= 4 is 17.5 Å². The Labute approximate surface area is 158 Å². The summed E-state index contributed by atoms with van der Waals surface area (Å²) in [5, 5.41) is 2.89. The molecule has 1 aliphatic heterocycles. The molecule has 1 aliphatic rings. The Morgan fingerprint density at radius 1 is 0.889 bits per heavy atom. The third kappa shape index (κ3) is 4.06. The number of piperazine rings is 1. The molecule has 27 heavy (non-hydrogen) atoms. The number of urea groups is 1. The minimum Gasteiger partial charge on any atom is -0.353 e. The van der Waals surface area contributed by atoms with Crippen LogP contribution >= 0.6 is 0 Å². The lowest BCUT2D eigenvalue weighted by Gasteiger charge is -2.35. The van der Waals surface area contributed by atoms with Gasteiger partial charge in [-0.25, -0.2) is 9.78 Å². The van der Waals surface area contributed by atoms with Crippen LogP contribution in [0.3, 0.4) is 0 Å². The molecule has 0 saturated carbocycles. The first-order valence-electron chi connectivity index (χ1n) is 9.03. The van der Waals surface area contributed by atoms with Gasteiger partial charge in [0.25, 0.3) is 0 Å². The average Bonchev–Trinajstić information content (AvgIpc) is 2.75. The molecule has 0 unspecified atom stereocenters. The fourth-order valence-corrected chi connectivity index (χ4v) is 3.15. The second kappa shape index (κ2) is 7.86. The van der Waals surface area contributed by atoms with Crippen LogP contribution in [0.2, 0.25) is 0 Å².